The Hall–Kier alpha value is -4.84. The monoisotopic (exact) mass is 520 g/mol. The third kappa shape index (κ3) is 3.29. The maximum atomic E-state index is 4.93. The first-order valence-corrected chi connectivity index (χ1v) is 13.9. The number of hydrogen-bond donors (Lipinski definition) is 2. The van der Waals surface area contributed by atoms with Gasteiger partial charge >= 0.3 is 0 Å². The zero-order chi connectivity index (χ0) is 27.1. The van der Waals surface area contributed by atoms with Crippen molar-refractivity contribution in [1.82, 2.24) is 30.1 Å². The average molecular weight is 521 g/mol. The van der Waals surface area contributed by atoms with Crippen molar-refractivity contribution >= 4 is 65.2 Å². The van der Waals surface area contributed by atoms with Crippen molar-refractivity contribution in [3.05, 3.63) is 84.7 Å². The fraction of sp³-hybridized carbons (Fsp3) is 0.176. The standard InChI is InChI=1S/C34H28N6/c1-17(2)33-37-29-12-11-23-22-8-5-19(13-21(22)7-10-24(23)30(29)38-33)20-6-9-25-26(14-20)27-15-35-36-16-28(27)32-31(25)39-34(40-32)18(3)4/h5-18H,1-4H3,(H,37,38)(H,39,40). The lowest BCUT2D eigenvalue weighted by atomic mass is 9.94. The molecule has 5 aromatic carbocycles. The van der Waals surface area contributed by atoms with Crippen molar-refractivity contribution in [2.75, 3.05) is 0 Å². The number of benzene rings is 5. The number of H-pyrrole nitrogens is 2. The number of hydrogen-bond acceptors (Lipinski definition) is 4. The lowest BCUT2D eigenvalue weighted by Crippen LogP contribution is -1.88. The highest BCUT2D eigenvalue weighted by Crippen LogP contribution is 2.38. The number of imidazole rings is 2. The van der Waals surface area contributed by atoms with Crippen LogP contribution in [0.1, 0.15) is 51.2 Å². The Labute approximate surface area is 230 Å². The molecule has 8 aromatic rings. The van der Waals surface area contributed by atoms with Gasteiger partial charge < -0.3 is 9.97 Å². The lowest BCUT2D eigenvalue weighted by Gasteiger charge is -2.10. The molecule has 0 aliphatic rings. The quantitative estimate of drug-likeness (QED) is 0.228. The van der Waals surface area contributed by atoms with E-state index in [0.29, 0.717) is 11.8 Å². The van der Waals surface area contributed by atoms with Gasteiger partial charge in [-0.05, 0) is 50.9 Å². The number of nitrogens with one attached hydrogen (secondary N) is 2. The van der Waals surface area contributed by atoms with E-state index in [0.717, 1.165) is 55.3 Å². The molecule has 0 spiro atoms. The van der Waals surface area contributed by atoms with E-state index in [4.69, 9.17) is 9.97 Å². The number of rotatable bonds is 3. The Morgan fingerprint density at radius 1 is 0.525 bits per heavy atom. The Morgan fingerprint density at radius 3 is 1.98 bits per heavy atom. The number of aromatic amines is 2. The highest BCUT2D eigenvalue weighted by molar-refractivity contribution is 6.23. The Kier molecular flexibility index (Phi) is 4.81. The summed E-state index contributed by atoms with van der Waals surface area (Å²) < 4.78 is 0. The van der Waals surface area contributed by atoms with E-state index in [1.807, 2.05) is 12.4 Å². The fourth-order valence-corrected chi connectivity index (χ4v) is 6.04. The van der Waals surface area contributed by atoms with E-state index in [2.05, 4.69) is 109 Å². The maximum Gasteiger partial charge on any atom is 0.109 e. The summed E-state index contributed by atoms with van der Waals surface area (Å²) >= 11 is 0. The molecule has 6 nitrogen and oxygen atoms in total. The van der Waals surface area contributed by atoms with E-state index >= 15 is 0 Å². The second kappa shape index (κ2) is 8.33. The Morgan fingerprint density at radius 2 is 1.18 bits per heavy atom. The Bertz CT molecular complexity index is 2290. The SMILES string of the molecule is CC(C)c1nc2c(ccc3c4ccc(-c5ccc6c(c5)c5cnncc5c5nc(C(C)C)[nH]c65)cc4ccc32)[nH]1. The van der Waals surface area contributed by atoms with Crippen molar-refractivity contribution in [1.29, 1.82) is 0 Å². The summed E-state index contributed by atoms with van der Waals surface area (Å²) in [5, 5.41) is 17.6. The molecule has 40 heavy (non-hydrogen) atoms. The predicted molar refractivity (Wildman–Crippen MR) is 165 cm³/mol. The Balaban J connectivity index is 1.32. The average Bonchev–Trinajstić information content (AvgIpc) is 3.63. The molecule has 3 aromatic heterocycles. The van der Waals surface area contributed by atoms with Gasteiger partial charge in [0.15, 0.2) is 0 Å². The first kappa shape index (κ1) is 23.1. The largest absolute Gasteiger partial charge is 0.342 e. The summed E-state index contributed by atoms with van der Waals surface area (Å²) in [6.07, 6.45) is 3.69. The second-order valence-electron chi connectivity index (χ2n) is 11.4. The number of aromatic nitrogens is 6. The van der Waals surface area contributed by atoms with E-state index in [1.165, 1.54) is 32.7 Å². The molecule has 3 heterocycles. The molecule has 0 unspecified atom stereocenters. The molecule has 0 bridgehead atoms. The van der Waals surface area contributed by atoms with Crippen LogP contribution in [0.4, 0.5) is 0 Å². The summed E-state index contributed by atoms with van der Waals surface area (Å²) in [6.45, 7) is 8.65. The molecule has 8 rings (SSSR count). The van der Waals surface area contributed by atoms with Crippen LogP contribution in [-0.4, -0.2) is 30.1 Å². The lowest BCUT2D eigenvalue weighted by molar-refractivity contribution is 0.799. The van der Waals surface area contributed by atoms with Crippen molar-refractivity contribution in [2.24, 2.45) is 0 Å². The minimum Gasteiger partial charge on any atom is -0.342 e. The van der Waals surface area contributed by atoms with Gasteiger partial charge in [-0.15, -0.1) is 0 Å². The summed E-state index contributed by atoms with van der Waals surface area (Å²) in [6, 6.07) is 22.3. The van der Waals surface area contributed by atoms with Crippen molar-refractivity contribution in [2.45, 2.75) is 39.5 Å². The molecule has 0 radical (unpaired) electrons. The van der Waals surface area contributed by atoms with Crippen molar-refractivity contribution in [3.63, 3.8) is 0 Å². The second-order valence-corrected chi connectivity index (χ2v) is 11.4. The van der Waals surface area contributed by atoms with E-state index in [9.17, 15) is 0 Å². The van der Waals surface area contributed by atoms with Crippen LogP contribution in [0.5, 0.6) is 0 Å². The molecular weight excluding hydrogens is 492 g/mol. The van der Waals surface area contributed by atoms with Crippen LogP contribution < -0.4 is 0 Å². The minimum atomic E-state index is 0.307. The van der Waals surface area contributed by atoms with E-state index < -0.39 is 0 Å². The fourth-order valence-electron chi connectivity index (χ4n) is 6.04. The van der Waals surface area contributed by atoms with Gasteiger partial charge in [0.05, 0.1) is 34.5 Å². The van der Waals surface area contributed by atoms with Crippen LogP contribution in [0.25, 0.3) is 76.3 Å². The first-order valence-electron chi connectivity index (χ1n) is 13.9. The van der Waals surface area contributed by atoms with Gasteiger partial charge in [-0.2, -0.15) is 10.2 Å². The molecule has 0 saturated carbocycles. The maximum absolute atomic E-state index is 4.93. The molecule has 0 aliphatic carbocycles. The molecule has 0 fully saturated rings. The normalized spacial score (nSPS) is 12.4. The molecule has 0 atom stereocenters. The van der Waals surface area contributed by atoms with Crippen molar-refractivity contribution < 1.29 is 0 Å². The van der Waals surface area contributed by atoms with Crippen LogP contribution in [0.2, 0.25) is 0 Å². The van der Waals surface area contributed by atoms with E-state index in [-0.39, 0.29) is 0 Å². The first-order chi connectivity index (χ1) is 19.5. The van der Waals surface area contributed by atoms with Gasteiger partial charge in [0.2, 0.25) is 0 Å². The van der Waals surface area contributed by atoms with Gasteiger partial charge in [-0.25, -0.2) is 9.97 Å². The van der Waals surface area contributed by atoms with Crippen LogP contribution in [-0.2, 0) is 0 Å². The van der Waals surface area contributed by atoms with Crippen molar-refractivity contribution in [3.8, 4) is 11.1 Å². The van der Waals surface area contributed by atoms with Gasteiger partial charge in [-0.3, -0.25) is 0 Å². The van der Waals surface area contributed by atoms with Crippen LogP contribution in [0.3, 0.4) is 0 Å². The number of fused-ring (bicyclic) bond motifs is 11. The molecule has 0 aliphatic heterocycles. The third-order valence-electron chi connectivity index (χ3n) is 8.20. The minimum absolute atomic E-state index is 0.307. The highest BCUT2D eigenvalue weighted by atomic mass is 15.1. The van der Waals surface area contributed by atoms with Crippen LogP contribution >= 0.6 is 0 Å². The molecule has 194 valence electrons. The zero-order valence-electron chi connectivity index (χ0n) is 22.9. The molecule has 2 N–H and O–H groups in total. The zero-order valence-corrected chi connectivity index (χ0v) is 22.9. The highest BCUT2D eigenvalue weighted by Gasteiger charge is 2.16. The molecule has 0 saturated heterocycles. The summed E-state index contributed by atoms with van der Waals surface area (Å²) in [4.78, 5) is 16.9. The van der Waals surface area contributed by atoms with Gasteiger partial charge in [0.1, 0.15) is 11.6 Å². The van der Waals surface area contributed by atoms with Gasteiger partial charge in [0, 0.05) is 33.4 Å². The summed E-state index contributed by atoms with van der Waals surface area (Å²) in [5.41, 5.74) is 6.49. The summed E-state index contributed by atoms with van der Waals surface area (Å²) in [5.74, 6) is 2.68. The molecule has 0 amide bonds. The summed E-state index contributed by atoms with van der Waals surface area (Å²) in [7, 11) is 0. The van der Waals surface area contributed by atoms with Crippen LogP contribution in [0, 0.1) is 0 Å². The number of nitrogens with zero attached hydrogens (tertiary/aromatic N) is 4. The molecule has 6 heteroatoms. The van der Waals surface area contributed by atoms with Gasteiger partial charge in [-0.1, -0.05) is 70.2 Å². The van der Waals surface area contributed by atoms with Gasteiger partial charge in [0.25, 0.3) is 0 Å². The predicted octanol–water partition coefficient (Wildman–Crippen LogP) is 8.76. The van der Waals surface area contributed by atoms with Crippen LogP contribution in [0.15, 0.2) is 73.1 Å². The third-order valence-corrected chi connectivity index (χ3v) is 8.20. The topological polar surface area (TPSA) is 83.1 Å². The smallest absolute Gasteiger partial charge is 0.109 e. The molecular formula is C34H28N6. The van der Waals surface area contributed by atoms with E-state index in [1.54, 1.807) is 0 Å².